The Morgan fingerprint density at radius 1 is 1.19 bits per heavy atom. The summed E-state index contributed by atoms with van der Waals surface area (Å²) < 4.78 is 10.2. The van der Waals surface area contributed by atoms with Crippen LogP contribution in [-0.2, 0) is 14.3 Å². The van der Waals surface area contributed by atoms with E-state index in [0.29, 0.717) is 41.0 Å². The van der Waals surface area contributed by atoms with Crippen LogP contribution in [0.25, 0.3) is 0 Å². The highest BCUT2D eigenvalue weighted by Gasteiger charge is 2.35. The van der Waals surface area contributed by atoms with E-state index in [2.05, 4.69) is 10.3 Å². The average molecular weight is 456 g/mol. The van der Waals surface area contributed by atoms with Crippen LogP contribution in [-0.4, -0.2) is 53.4 Å². The van der Waals surface area contributed by atoms with Gasteiger partial charge in [0.05, 0.1) is 25.0 Å². The van der Waals surface area contributed by atoms with Crippen LogP contribution in [0, 0.1) is 0 Å². The number of methoxy groups -OCH3 is 1. The fraction of sp³-hybridized carbons (Fsp3) is 0.304. The molecule has 1 aliphatic heterocycles. The van der Waals surface area contributed by atoms with Crippen LogP contribution in [0.4, 0.5) is 11.4 Å². The lowest BCUT2D eigenvalue weighted by molar-refractivity contribution is -0.129. The second kappa shape index (κ2) is 10.8. The van der Waals surface area contributed by atoms with Gasteiger partial charge < -0.3 is 14.8 Å². The first-order chi connectivity index (χ1) is 15.4. The number of nitrogens with zero attached hydrogens (tertiary/aromatic N) is 2. The molecule has 2 aromatic rings. The van der Waals surface area contributed by atoms with Gasteiger partial charge in [0, 0.05) is 24.7 Å². The molecular weight excluding hydrogens is 430 g/mol. The number of hydrogen-bond donors (Lipinski definition) is 1. The van der Waals surface area contributed by atoms with E-state index < -0.39 is 11.2 Å². The quantitative estimate of drug-likeness (QED) is 0.637. The van der Waals surface area contributed by atoms with Gasteiger partial charge in [-0.15, -0.1) is 0 Å². The summed E-state index contributed by atoms with van der Waals surface area (Å²) in [4.78, 5) is 43.3. The van der Waals surface area contributed by atoms with Crippen LogP contribution in [0.5, 0.6) is 5.75 Å². The molecule has 32 heavy (non-hydrogen) atoms. The van der Waals surface area contributed by atoms with Gasteiger partial charge in [-0.3, -0.25) is 14.5 Å². The molecule has 3 rings (SSSR count). The van der Waals surface area contributed by atoms with Crippen molar-refractivity contribution in [2.45, 2.75) is 25.5 Å². The zero-order valence-electron chi connectivity index (χ0n) is 18.2. The smallest absolute Gasteiger partial charge is 0.337 e. The highest BCUT2D eigenvalue weighted by atomic mass is 32.2. The van der Waals surface area contributed by atoms with Crippen molar-refractivity contribution in [3.63, 3.8) is 0 Å². The van der Waals surface area contributed by atoms with E-state index in [1.807, 2.05) is 19.9 Å². The zero-order chi connectivity index (χ0) is 23.1. The molecule has 2 aromatic carbocycles. The monoisotopic (exact) mass is 455 g/mol. The van der Waals surface area contributed by atoms with Crippen LogP contribution in [0.2, 0.25) is 0 Å². The first-order valence-electron chi connectivity index (χ1n) is 10.2. The summed E-state index contributed by atoms with van der Waals surface area (Å²) in [6.45, 7) is 4.71. The SMILES string of the molecule is CCOc1cccc(NC(=O)[C@@H]2CC(=O)N(CC)C(=Nc3ccc(C(=O)OC)cc3)S2)c1. The number of hydrogen-bond acceptors (Lipinski definition) is 7. The predicted molar refractivity (Wildman–Crippen MR) is 125 cm³/mol. The van der Waals surface area contributed by atoms with E-state index in [4.69, 9.17) is 9.47 Å². The van der Waals surface area contributed by atoms with Crippen molar-refractivity contribution in [3.8, 4) is 5.75 Å². The highest BCUT2D eigenvalue weighted by Crippen LogP contribution is 2.30. The van der Waals surface area contributed by atoms with Crippen LogP contribution < -0.4 is 10.1 Å². The van der Waals surface area contributed by atoms with Gasteiger partial charge in [-0.05, 0) is 50.2 Å². The van der Waals surface area contributed by atoms with Gasteiger partial charge in [0.2, 0.25) is 11.8 Å². The molecule has 1 aliphatic rings. The van der Waals surface area contributed by atoms with E-state index in [1.54, 1.807) is 47.4 Å². The van der Waals surface area contributed by atoms with Crippen LogP contribution >= 0.6 is 11.8 Å². The first-order valence-corrected chi connectivity index (χ1v) is 11.1. The number of nitrogens with one attached hydrogen (secondary N) is 1. The fourth-order valence-electron chi connectivity index (χ4n) is 3.11. The lowest BCUT2D eigenvalue weighted by Gasteiger charge is -2.30. The molecule has 168 valence electrons. The van der Waals surface area contributed by atoms with Crippen LogP contribution in [0.1, 0.15) is 30.6 Å². The molecule has 1 fully saturated rings. The van der Waals surface area contributed by atoms with E-state index in [-0.39, 0.29) is 18.2 Å². The molecule has 8 nitrogen and oxygen atoms in total. The molecule has 1 saturated heterocycles. The summed E-state index contributed by atoms with van der Waals surface area (Å²) in [6, 6.07) is 13.7. The standard InChI is InChI=1S/C23H25N3O5S/c1-4-26-20(27)14-19(21(28)24-17-7-6-8-18(13-17)31-5-2)32-23(26)25-16-11-9-15(10-12-16)22(29)30-3/h6-13,19H,4-5,14H2,1-3H3,(H,24,28)/t19-/m0/s1. The maximum Gasteiger partial charge on any atom is 0.337 e. The average Bonchev–Trinajstić information content (AvgIpc) is 2.79. The Kier molecular flexibility index (Phi) is 7.88. The van der Waals surface area contributed by atoms with Crippen molar-refractivity contribution in [1.82, 2.24) is 4.90 Å². The number of esters is 1. The van der Waals surface area contributed by atoms with Gasteiger partial charge in [-0.25, -0.2) is 9.79 Å². The third-order valence-electron chi connectivity index (χ3n) is 4.67. The summed E-state index contributed by atoms with van der Waals surface area (Å²) >= 11 is 1.24. The minimum absolute atomic E-state index is 0.0792. The second-order valence-electron chi connectivity index (χ2n) is 6.83. The van der Waals surface area contributed by atoms with Crippen LogP contribution in [0.15, 0.2) is 53.5 Å². The molecular formula is C23H25N3O5S. The molecule has 9 heteroatoms. The minimum atomic E-state index is -0.617. The van der Waals surface area contributed by atoms with Gasteiger partial charge in [-0.2, -0.15) is 0 Å². The molecule has 1 heterocycles. The number of carbonyl (C=O) groups is 3. The lowest BCUT2D eigenvalue weighted by Crippen LogP contribution is -2.45. The number of rotatable bonds is 7. The Bertz CT molecular complexity index is 1020. The number of ether oxygens (including phenoxy) is 2. The van der Waals surface area contributed by atoms with Gasteiger partial charge in [0.15, 0.2) is 5.17 Å². The minimum Gasteiger partial charge on any atom is -0.494 e. The Morgan fingerprint density at radius 2 is 1.94 bits per heavy atom. The molecule has 0 saturated carbocycles. The molecule has 0 aromatic heterocycles. The topological polar surface area (TPSA) is 97.3 Å². The van der Waals surface area contributed by atoms with E-state index in [1.165, 1.54) is 18.9 Å². The normalized spacial score (nSPS) is 17.2. The van der Waals surface area contributed by atoms with E-state index in [0.717, 1.165) is 0 Å². The Balaban J connectivity index is 1.77. The molecule has 0 aliphatic carbocycles. The summed E-state index contributed by atoms with van der Waals surface area (Å²) in [6.07, 6.45) is 0.0792. The number of aliphatic imine (C=N–C) groups is 1. The number of benzene rings is 2. The number of thioether (sulfide) groups is 1. The molecule has 0 radical (unpaired) electrons. The van der Waals surface area contributed by atoms with Crippen molar-refractivity contribution in [2.75, 3.05) is 25.6 Å². The summed E-state index contributed by atoms with van der Waals surface area (Å²) in [5.74, 6) is -0.222. The number of amides is 2. The van der Waals surface area contributed by atoms with Crippen molar-refractivity contribution >= 4 is 46.1 Å². The molecule has 0 bridgehead atoms. The third-order valence-corrected chi connectivity index (χ3v) is 5.86. The molecule has 0 unspecified atom stereocenters. The maximum atomic E-state index is 12.9. The Hall–Kier alpha value is -3.33. The lowest BCUT2D eigenvalue weighted by atomic mass is 10.2. The first kappa shape index (κ1) is 23.3. The van der Waals surface area contributed by atoms with Crippen LogP contribution in [0.3, 0.4) is 0 Å². The number of anilines is 1. The molecule has 1 N–H and O–H groups in total. The van der Waals surface area contributed by atoms with E-state index >= 15 is 0 Å². The van der Waals surface area contributed by atoms with Gasteiger partial charge in [-0.1, -0.05) is 17.8 Å². The van der Waals surface area contributed by atoms with Crippen molar-refractivity contribution in [2.24, 2.45) is 4.99 Å². The highest BCUT2D eigenvalue weighted by molar-refractivity contribution is 8.15. The summed E-state index contributed by atoms with van der Waals surface area (Å²) in [5.41, 5.74) is 1.57. The summed E-state index contributed by atoms with van der Waals surface area (Å²) in [7, 11) is 1.32. The zero-order valence-corrected chi connectivity index (χ0v) is 19.0. The maximum absolute atomic E-state index is 12.9. The third kappa shape index (κ3) is 5.67. The summed E-state index contributed by atoms with van der Waals surface area (Å²) in [5, 5.41) is 2.68. The van der Waals surface area contributed by atoms with E-state index in [9.17, 15) is 14.4 Å². The number of amidine groups is 1. The fourth-order valence-corrected chi connectivity index (χ4v) is 4.27. The van der Waals surface area contributed by atoms with Gasteiger partial charge in [0.1, 0.15) is 11.0 Å². The Morgan fingerprint density at radius 3 is 2.59 bits per heavy atom. The van der Waals surface area contributed by atoms with Crippen molar-refractivity contribution in [3.05, 3.63) is 54.1 Å². The van der Waals surface area contributed by atoms with Gasteiger partial charge >= 0.3 is 5.97 Å². The second-order valence-corrected chi connectivity index (χ2v) is 8.00. The molecule has 1 atom stereocenters. The predicted octanol–water partition coefficient (Wildman–Crippen LogP) is 3.85. The largest absolute Gasteiger partial charge is 0.494 e. The number of carbonyl (C=O) groups excluding carboxylic acids is 3. The van der Waals surface area contributed by atoms with Crippen molar-refractivity contribution in [1.29, 1.82) is 0 Å². The molecule has 2 amide bonds. The van der Waals surface area contributed by atoms with Crippen molar-refractivity contribution < 1.29 is 23.9 Å². The Labute approximate surface area is 191 Å². The molecule has 0 spiro atoms. The van der Waals surface area contributed by atoms with Gasteiger partial charge in [0.25, 0.3) is 0 Å².